The molecule has 0 unspecified atom stereocenters. The second-order valence-electron chi connectivity index (χ2n) is 8.67. The van der Waals surface area contributed by atoms with Crippen molar-refractivity contribution < 1.29 is 22.8 Å². The summed E-state index contributed by atoms with van der Waals surface area (Å²) in [6, 6.07) is 14.3. The minimum absolute atomic E-state index is 0.0387. The molecule has 7 nitrogen and oxygen atoms in total. The first kappa shape index (κ1) is 22.9. The number of fused-ring (bicyclic) bond motifs is 1. The Labute approximate surface area is 200 Å². The third-order valence-electron chi connectivity index (χ3n) is 6.46. The molecule has 5 rings (SSSR count). The quantitative estimate of drug-likeness (QED) is 0.567. The van der Waals surface area contributed by atoms with E-state index in [1.807, 2.05) is 23.1 Å². The van der Waals surface area contributed by atoms with Crippen LogP contribution in [0.2, 0.25) is 0 Å². The van der Waals surface area contributed by atoms with Crippen molar-refractivity contribution >= 4 is 23.3 Å². The maximum Gasteiger partial charge on any atom is 0.416 e. The molecule has 0 N–H and O–H groups in total. The number of nitrogens with zero attached hydrogens (tertiary/aromatic N) is 5. The molecule has 2 amide bonds. The van der Waals surface area contributed by atoms with Crippen LogP contribution >= 0.6 is 0 Å². The predicted octanol–water partition coefficient (Wildman–Crippen LogP) is 3.80. The summed E-state index contributed by atoms with van der Waals surface area (Å²) in [5.74, 6) is 0.684. The van der Waals surface area contributed by atoms with Crippen LogP contribution in [0.3, 0.4) is 0 Å². The van der Waals surface area contributed by atoms with Gasteiger partial charge in [0.2, 0.25) is 5.91 Å². The SMILES string of the molecule is O=C(c1ccc(CN2C(=O)CCn3nccc32)cc1)N1CCN(c2cccc(C(F)(F)F)c2)CC1. The highest BCUT2D eigenvalue weighted by Gasteiger charge is 2.31. The number of halogens is 3. The smallest absolute Gasteiger partial charge is 0.368 e. The van der Waals surface area contributed by atoms with Crippen LogP contribution in [0.15, 0.2) is 60.8 Å². The molecule has 2 aliphatic heterocycles. The average molecular weight is 483 g/mol. The first-order valence-corrected chi connectivity index (χ1v) is 11.4. The zero-order chi connectivity index (χ0) is 24.6. The fourth-order valence-electron chi connectivity index (χ4n) is 4.53. The van der Waals surface area contributed by atoms with Crippen LogP contribution in [0.4, 0.5) is 24.7 Å². The molecule has 35 heavy (non-hydrogen) atoms. The van der Waals surface area contributed by atoms with Gasteiger partial charge >= 0.3 is 6.18 Å². The Bertz CT molecular complexity index is 1230. The number of piperazine rings is 1. The van der Waals surface area contributed by atoms with Gasteiger partial charge < -0.3 is 9.80 Å². The largest absolute Gasteiger partial charge is 0.416 e. The number of benzene rings is 2. The van der Waals surface area contributed by atoms with E-state index in [0.29, 0.717) is 56.9 Å². The summed E-state index contributed by atoms with van der Waals surface area (Å²) in [6.07, 6.45) is -2.31. The van der Waals surface area contributed by atoms with Gasteiger partial charge in [-0.2, -0.15) is 18.3 Å². The topological polar surface area (TPSA) is 61.7 Å². The summed E-state index contributed by atoms with van der Waals surface area (Å²) < 4.78 is 40.9. The van der Waals surface area contributed by atoms with Gasteiger partial charge in [-0.25, -0.2) is 4.68 Å². The van der Waals surface area contributed by atoms with Crippen LogP contribution in [0.1, 0.15) is 27.9 Å². The molecule has 0 aliphatic carbocycles. The molecule has 3 heterocycles. The minimum Gasteiger partial charge on any atom is -0.368 e. The first-order chi connectivity index (χ1) is 16.8. The first-order valence-electron chi connectivity index (χ1n) is 11.4. The van der Waals surface area contributed by atoms with Crippen LogP contribution in [0.25, 0.3) is 0 Å². The summed E-state index contributed by atoms with van der Waals surface area (Å²) in [7, 11) is 0. The van der Waals surface area contributed by atoms with Crippen molar-refractivity contribution in [3.05, 3.63) is 77.5 Å². The number of hydrogen-bond donors (Lipinski definition) is 0. The van der Waals surface area contributed by atoms with Gasteiger partial charge in [0.15, 0.2) is 0 Å². The number of carbonyl (C=O) groups is 2. The molecule has 1 saturated heterocycles. The van der Waals surface area contributed by atoms with Crippen LogP contribution in [-0.4, -0.2) is 52.7 Å². The highest BCUT2D eigenvalue weighted by atomic mass is 19.4. The molecule has 0 saturated carbocycles. The maximum atomic E-state index is 13.0. The van der Waals surface area contributed by atoms with Crippen molar-refractivity contribution in [3.63, 3.8) is 0 Å². The fourth-order valence-corrected chi connectivity index (χ4v) is 4.53. The molecular formula is C25H24F3N5O2. The fraction of sp³-hybridized carbons (Fsp3) is 0.320. The Morgan fingerprint density at radius 1 is 0.943 bits per heavy atom. The molecule has 1 aromatic heterocycles. The molecule has 3 aromatic rings. The van der Waals surface area contributed by atoms with Crippen molar-refractivity contribution in [2.45, 2.75) is 25.7 Å². The monoisotopic (exact) mass is 483 g/mol. The molecule has 0 radical (unpaired) electrons. The number of alkyl halides is 3. The van der Waals surface area contributed by atoms with Gasteiger partial charge in [0.1, 0.15) is 5.82 Å². The third kappa shape index (κ3) is 4.73. The van der Waals surface area contributed by atoms with E-state index in [0.717, 1.165) is 23.5 Å². The Kier molecular flexibility index (Phi) is 5.96. The summed E-state index contributed by atoms with van der Waals surface area (Å²) in [4.78, 5) is 30.7. The number of anilines is 2. The number of hydrogen-bond acceptors (Lipinski definition) is 4. The predicted molar refractivity (Wildman–Crippen MR) is 124 cm³/mol. The van der Waals surface area contributed by atoms with E-state index >= 15 is 0 Å². The number of aromatic nitrogens is 2. The Morgan fingerprint density at radius 3 is 2.40 bits per heavy atom. The number of amides is 2. The van der Waals surface area contributed by atoms with Crippen molar-refractivity contribution in [2.75, 3.05) is 36.0 Å². The van der Waals surface area contributed by atoms with E-state index in [-0.39, 0.29) is 11.8 Å². The van der Waals surface area contributed by atoms with E-state index in [4.69, 9.17) is 0 Å². The highest BCUT2D eigenvalue weighted by Crippen LogP contribution is 2.32. The number of rotatable bonds is 4. The van der Waals surface area contributed by atoms with E-state index in [2.05, 4.69) is 5.10 Å². The average Bonchev–Trinajstić information content (AvgIpc) is 3.35. The van der Waals surface area contributed by atoms with Crippen molar-refractivity contribution in [3.8, 4) is 0 Å². The van der Waals surface area contributed by atoms with Crippen LogP contribution < -0.4 is 9.80 Å². The van der Waals surface area contributed by atoms with Gasteiger partial charge in [0.25, 0.3) is 5.91 Å². The Balaban J connectivity index is 1.20. The highest BCUT2D eigenvalue weighted by molar-refractivity contribution is 5.95. The maximum absolute atomic E-state index is 13.0. The van der Waals surface area contributed by atoms with E-state index in [9.17, 15) is 22.8 Å². The summed E-state index contributed by atoms with van der Waals surface area (Å²) >= 11 is 0. The van der Waals surface area contributed by atoms with Crippen molar-refractivity contribution in [1.29, 1.82) is 0 Å². The lowest BCUT2D eigenvalue weighted by Gasteiger charge is -2.36. The molecule has 0 atom stereocenters. The van der Waals surface area contributed by atoms with Gasteiger partial charge in [-0.1, -0.05) is 18.2 Å². The van der Waals surface area contributed by atoms with Gasteiger partial charge in [-0.3, -0.25) is 14.5 Å². The molecule has 182 valence electrons. The lowest BCUT2D eigenvalue weighted by Crippen LogP contribution is -2.48. The second kappa shape index (κ2) is 9.09. The van der Waals surface area contributed by atoms with Crippen LogP contribution in [0, 0.1) is 0 Å². The van der Waals surface area contributed by atoms with Gasteiger partial charge in [0, 0.05) is 49.9 Å². The molecule has 10 heteroatoms. The van der Waals surface area contributed by atoms with Crippen molar-refractivity contribution in [2.24, 2.45) is 0 Å². The van der Waals surface area contributed by atoms with E-state index in [1.54, 1.807) is 38.9 Å². The molecule has 0 bridgehead atoms. The molecule has 0 spiro atoms. The summed E-state index contributed by atoms with van der Waals surface area (Å²) in [5, 5.41) is 4.23. The van der Waals surface area contributed by atoms with Crippen molar-refractivity contribution in [1.82, 2.24) is 14.7 Å². The van der Waals surface area contributed by atoms with Gasteiger partial charge in [0.05, 0.1) is 24.8 Å². The van der Waals surface area contributed by atoms with Crippen LogP contribution in [-0.2, 0) is 24.1 Å². The summed E-state index contributed by atoms with van der Waals surface area (Å²) in [6.45, 7) is 2.72. The number of carbonyl (C=O) groups excluding carboxylic acids is 2. The molecule has 2 aromatic carbocycles. The molecular weight excluding hydrogens is 459 g/mol. The lowest BCUT2D eigenvalue weighted by molar-refractivity contribution is -0.137. The Hall–Kier alpha value is -3.82. The Morgan fingerprint density at radius 2 is 1.69 bits per heavy atom. The van der Waals surface area contributed by atoms with Gasteiger partial charge in [-0.15, -0.1) is 0 Å². The standard InChI is InChI=1S/C25H24F3N5O2/c26-25(27,28)20-2-1-3-21(16-20)30-12-14-31(15-13-30)24(35)19-6-4-18(5-7-19)17-32-22-8-10-29-33(22)11-9-23(32)34/h1-8,10,16H,9,11-15,17H2. The van der Waals surface area contributed by atoms with Crippen LogP contribution in [0.5, 0.6) is 0 Å². The lowest BCUT2D eigenvalue weighted by atomic mass is 10.1. The van der Waals surface area contributed by atoms with E-state index in [1.165, 1.54) is 6.07 Å². The zero-order valence-corrected chi connectivity index (χ0v) is 18.9. The molecule has 2 aliphatic rings. The van der Waals surface area contributed by atoms with Gasteiger partial charge in [-0.05, 0) is 35.9 Å². The second-order valence-corrected chi connectivity index (χ2v) is 8.67. The minimum atomic E-state index is -4.39. The van der Waals surface area contributed by atoms with E-state index < -0.39 is 11.7 Å². The normalized spacial score (nSPS) is 16.4. The zero-order valence-electron chi connectivity index (χ0n) is 18.9. The number of aryl methyl sites for hydroxylation is 1. The third-order valence-corrected chi connectivity index (χ3v) is 6.46. The molecule has 1 fully saturated rings. The summed E-state index contributed by atoms with van der Waals surface area (Å²) in [5.41, 5.74) is 1.27.